The van der Waals surface area contributed by atoms with E-state index >= 15 is 0 Å². The molecule has 0 saturated heterocycles. The summed E-state index contributed by atoms with van der Waals surface area (Å²) in [6.07, 6.45) is 7.31. The molecule has 0 atom stereocenters. The third-order valence-electron chi connectivity index (χ3n) is 16.5. The molecule has 0 aliphatic rings. The Morgan fingerprint density at radius 3 is 0.640 bits per heavy atom. The summed E-state index contributed by atoms with van der Waals surface area (Å²) in [6, 6.07) is 52.2. The number of halogens is 4. The second kappa shape index (κ2) is 48.3. The number of nitrogen functional groups attached to an aromatic ring is 1. The molecule has 8 aromatic carbocycles. The van der Waals surface area contributed by atoms with Crippen molar-refractivity contribution in [1.82, 2.24) is 0 Å². The fourth-order valence-electron chi connectivity index (χ4n) is 10.5. The molecule has 8 aromatic rings. The van der Waals surface area contributed by atoms with Gasteiger partial charge in [0.05, 0.1) is 17.3 Å². The Balaban J connectivity index is 0.000000708. The number of sulfone groups is 3. The molecule has 0 aromatic heterocycles. The van der Waals surface area contributed by atoms with Crippen molar-refractivity contribution in [1.29, 1.82) is 0 Å². The Hall–Kier alpha value is -6.91. The number of Topliss-reactive ketones (excluding diaryl/α,β-unsaturated/α-hetero) is 4. The number of benzene rings is 8. The zero-order valence-corrected chi connectivity index (χ0v) is 74.5. The molecule has 0 saturated carbocycles. The van der Waals surface area contributed by atoms with Crippen LogP contribution in [0.4, 0.5) is 5.69 Å². The van der Waals surface area contributed by atoms with Crippen LogP contribution in [-0.4, -0.2) is 122 Å². The Morgan fingerprint density at radius 1 is 0.315 bits per heavy atom. The third kappa shape index (κ3) is 41.1. The molecule has 0 fully saturated rings. The van der Waals surface area contributed by atoms with Crippen LogP contribution in [0.3, 0.4) is 0 Å². The molecular weight excluding hydrogens is 1540 g/mol. The largest absolute Gasteiger partial charge is 0.400 e. The van der Waals surface area contributed by atoms with E-state index in [1.165, 1.54) is 41.0 Å². The van der Waals surface area contributed by atoms with Crippen molar-refractivity contribution in [3.8, 4) is 0 Å². The highest BCUT2D eigenvalue weighted by Gasteiger charge is 2.21. The van der Waals surface area contributed by atoms with Gasteiger partial charge in [-0.2, -0.15) is 0 Å². The highest BCUT2D eigenvalue weighted by atomic mass is 35.5. The standard InChI is InChI=1S/3C21H25ClO3S.C19H22ClNO.3C2H6O.CH4O/c3*1-21(2,3)18-10-7-17(8-11-18)20(23)12-9-16-6-5-15(13-19(16)22)14-26(4,24)25;1-19(2,3)15-8-4-14(5-9-15)18(22)11-7-13-6-10-16(21)12-17(13)20;3*1-3-2;1-2/h3*5-8,10-11,13H,9,12,14H2,1-4H3;4-6,8-10,12H,7,11,21H2,1-3H3;3*1-2H3;2H,1H3. The van der Waals surface area contributed by atoms with Gasteiger partial charge in [0.2, 0.25) is 0 Å². The zero-order valence-electron chi connectivity index (χ0n) is 69.0. The summed E-state index contributed by atoms with van der Waals surface area (Å²) in [5, 5.41) is 9.13. The van der Waals surface area contributed by atoms with Gasteiger partial charge in [-0.15, -0.1) is 0 Å². The maximum absolute atomic E-state index is 12.4. The van der Waals surface area contributed by atoms with Crippen LogP contribution in [0.2, 0.25) is 20.1 Å². The first kappa shape index (κ1) is 102. The van der Waals surface area contributed by atoms with Crippen molar-refractivity contribution in [3.05, 3.63) is 273 Å². The van der Waals surface area contributed by atoms with Crippen LogP contribution in [0, 0.1) is 0 Å². The number of rotatable bonds is 22. The van der Waals surface area contributed by atoms with Crippen LogP contribution in [0.1, 0.15) is 211 Å². The van der Waals surface area contributed by atoms with Gasteiger partial charge in [-0.3, -0.25) is 19.2 Å². The predicted octanol–water partition coefficient (Wildman–Crippen LogP) is 20.4. The number of aliphatic hydroxyl groups excluding tert-OH is 1. The monoisotopic (exact) mass is 1660 g/mol. The number of anilines is 1. The molecular formula is C89H119Cl4NO14S3. The summed E-state index contributed by atoms with van der Waals surface area (Å²) >= 11 is 24.9. The lowest BCUT2D eigenvalue weighted by atomic mass is 9.86. The highest BCUT2D eigenvalue weighted by Crippen LogP contribution is 2.30. The summed E-state index contributed by atoms with van der Waals surface area (Å²) in [5.74, 6) is 0.239. The van der Waals surface area contributed by atoms with Crippen LogP contribution in [-0.2, 0) is 108 Å². The van der Waals surface area contributed by atoms with Gasteiger partial charge in [0.1, 0.15) is 0 Å². The van der Waals surface area contributed by atoms with Crippen molar-refractivity contribution in [3.63, 3.8) is 0 Å². The SMILES string of the molecule is CC(C)(C)c1ccc(C(=O)CCc2ccc(CS(C)(=O)=O)cc2Cl)cc1.CC(C)(C)c1ccc(C(=O)CCc2ccc(CS(C)(=O)=O)cc2Cl)cc1.CC(C)(C)c1ccc(C(=O)CCc2ccc(CS(C)(=O)=O)cc2Cl)cc1.CC(C)(C)c1ccc(C(=O)CCc2ccc(N)cc2Cl)cc1.CO.COC.COC.COC. The Bertz CT molecular complexity index is 4210. The number of hydrogen-bond donors (Lipinski definition) is 2. The average Bonchev–Trinajstić information content (AvgIpc) is 0.862. The molecule has 0 unspecified atom stereocenters. The van der Waals surface area contributed by atoms with Gasteiger partial charge in [0, 0.05) is 142 Å². The molecule has 22 heteroatoms. The maximum Gasteiger partial charge on any atom is 0.163 e. The number of ether oxygens (including phenoxy) is 3. The molecule has 0 spiro atoms. The summed E-state index contributed by atoms with van der Waals surface area (Å²) in [4.78, 5) is 49.6. The Morgan fingerprint density at radius 2 is 0.486 bits per heavy atom. The van der Waals surface area contributed by atoms with E-state index < -0.39 is 29.5 Å². The van der Waals surface area contributed by atoms with Crippen LogP contribution >= 0.6 is 46.4 Å². The number of nitrogens with two attached hydrogens (primary N) is 1. The minimum absolute atomic E-state index is 0.0357. The maximum atomic E-state index is 12.4. The number of aliphatic hydroxyl groups is 1. The molecule has 0 aliphatic heterocycles. The molecule has 0 aliphatic carbocycles. The third-order valence-corrected chi connectivity index (χ3v) is 20.5. The lowest BCUT2D eigenvalue weighted by molar-refractivity contribution is 0.0975. The van der Waals surface area contributed by atoms with Crippen LogP contribution in [0.25, 0.3) is 0 Å². The molecule has 15 nitrogen and oxygen atoms in total. The van der Waals surface area contributed by atoms with E-state index in [0.29, 0.717) is 111 Å². The summed E-state index contributed by atoms with van der Waals surface area (Å²) in [5.41, 5.74) is 19.7. The molecule has 3 N–H and O–H groups in total. The molecule has 0 heterocycles. The van der Waals surface area contributed by atoms with Gasteiger partial charge in [0.15, 0.2) is 52.6 Å². The number of aryl methyl sites for hydroxylation is 4. The lowest BCUT2D eigenvalue weighted by Crippen LogP contribution is -2.11. The molecule has 610 valence electrons. The van der Waals surface area contributed by atoms with Crippen molar-refractivity contribution < 1.29 is 63.7 Å². The summed E-state index contributed by atoms with van der Waals surface area (Å²) in [7, 11) is 1.46. The van der Waals surface area contributed by atoms with E-state index in [2.05, 4.69) is 97.3 Å². The topological polar surface area (TPSA) is 245 Å². The van der Waals surface area contributed by atoms with E-state index in [0.717, 1.165) is 34.9 Å². The number of methoxy groups -OCH3 is 3. The fourth-order valence-corrected chi connectivity index (χ4v) is 14.1. The van der Waals surface area contributed by atoms with Gasteiger partial charge in [0.25, 0.3) is 0 Å². The molecule has 0 bridgehead atoms. The molecule has 0 amide bonds. The van der Waals surface area contributed by atoms with Crippen molar-refractivity contribution in [2.45, 2.75) is 173 Å². The average molecular weight is 1660 g/mol. The Labute approximate surface area is 684 Å². The van der Waals surface area contributed by atoms with Crippen molar-refractivity contribution >= 4 is 105 Å². The number of ketones is 4. The van der Waals surface area contributed by atoms with Crippen molar-refractivity contribution in [2.24, 2.45) is 0 Å². The molecule has 111 heavy (non-hydrogen) atoms. The number of hydrogen-bond acceptors (Lipinski definition) is 15. The zero-order chi connectivity index (χ0) is 85.1. The fraction of sp³-hybridized carbons (Fsp3) is 0.416. The second-order valence-corrected chi connectivity index (χ2v) is 39.1. The number of carbonyl (C=O) groups excluding carboxylic acids is 4. The van der Waals surface area contributed by atoms with Crippen molar-refractivity contribution in [2.75, 3.05) is 74.3 Å². The van der Waals surface area contributed by atoms with Gasteiger partial charge < -0.3 is 25.1 Å². The summed E-state index contributed by atoms with van der Waals surface area (Å²) < 4.78 is 81.0. The van der Waals surface area contributed by atoms with Gasteiger partial charge >= 0.3 is 0 Å². The van der Waals surface area contributed by atoms with Gasteiger partial charge in [-0.25, -0.2) is 25.3 Å². The first-order chi connectivity index (χ1) is 51.4. The second-order valence-electron chi connectivity index (χ2n) is 31.1. The lowest BCUT2D eigenvalue weighted by Gasteiger charge is -2.19. The van der Waals surface area contributed by atoms with Crippen LogP contribution in [0.15, 0.2) is 170 Å². The van der Waals surface area contributed by atoms with Crippen LogP contribution < -0.4 is 5.73 Å². The van der Waals surface area contributed by atoms with E-state index in [9.17, 15) is 44.4 Å². The van der Waals surface area contributed by atoms with E-state index in [-0.39, 0.29) is 62.1 Å². The minimum Gasteiger partial charge on any atom is -0.400 e. The molecule has 0 radical (unpaired) electrons. The van der Waals surface area contributed by atoms with E-state index in [4.69, 9.17) is 57.2 Å². The summed E-state index contributed by atoms with van der Waals surface area (Å²) in [6.45, 7) is 25.7. The molecule has 8 rings (SSSR count). The Kier molecular flexibility index (Phi) is 44.5. The van der Waals surface area contributed by atoms with E-state index in [1.807, 2.05) is 109 Å². The predicted molar refractivity (Wildman–Crippen MR) is 464 cm³/mol. The number of carbonyl (C=O) groups is 4. The van der Waals surface area contributed by atoms with Gasteiger partial charge in [-0.1, -0.05) is 269 Å². The first-order valence-electron chi connectivity index (χ1n) is 36.0. The smallest absolute Gasteiger partial charge is 0.163 e. The first-order valence-corrected chi connectivity index (χ1v) is 43.7. The van der Waals surface area contributed by atoms with Crippen LogP contribution in [0.5, 0.6) is 0 Å². The quantitative estimate of drug-likeness (QED) is 0.0473. The highest BCUT2D eigenvalue weighted by molar-refractivity contribution is 7.90. The normalized spacial score (nSPS) is 11.4. The van der Waals surface area contributed by atoms with E-state index in [1.54, 1.807) is 103 Å². The minimum atomic E-state index is -3.10. The van der Waals surface area contributed by atoms with Gasteiger partial charge in [-0.05, 0) is 139 Å².